The fraction of sp³-hybridized carbons (Fsp3) is 1.00. The van der Waals surface area contributed by atoms with Gasteiger partial charge in [-0.2, -0.15) is 17.4 Å². The lowest BCUT2D eigenvalue weighted by Crippen LogP contribution is -2.51. The van der Waals surface area contributed by atoms with E-state index in [-0.39, 0.29) is 12.6 Å². The van der Waals surface area contributed by atoms with E-state index in [1.165, 1.54) is 11.4 Å². The Hall–Kier alpha value is -0.170. The average molecular weight is 238 g/mol. The Morgan fingerprint density at radius 3 is 2.20 bits per heavy atom. The molecule has 0 amide bonds. The Morgan fingerprint density at radius 2 is 1.87 bits per heavy atom. The molecule has 0 aliphatic rings. The van der Waals surface area contributed by atoms with Crippen LogP contribution in [-0.2, 0) is 10.2 Å². The molecule has 15 heavy (non-hydrogen) atoms. The van der Waals surface area contributed by atoms with E-state index >= 15 is 0 Å². The molecule has 0 saturated heterocycles. The van der Waals surface area contributed by atoms with E-state index in [1.807, 2.05) is 0 Å². The van der Waals surface area contributed by atoms with Crippen LogP contribution in [0.3, 0.4) is 0 Å². The quantitative estimate of drug-likeness (QED) is 0.700. The number of rotatable bonds is 6. The van der Waals surface area contributed by atoms with Gasteiger partial charge in [-0.15, -0.1) is 0 Å². The van der Waals surface area contributed by atoms with Crippen LogP contribution < -0.4 is 4.72 Å². The van der Waals surface area contributed by atoms with Crippen LogP contribution >= 0.6 is 0 Å². The van der Waals surface area contributed by atoms with Crippen LogP contribution in [0.4, 0.5) is 0 Å². The lowest BCUT2D eigenvalue weighted by Gasteiger charge is -2.29. The van der Waals surface area contributed by atoms with Gasteiger partial charge in [-0.25, -0.2) is 0 Å². The van der Waals surface area contributed by atoms with Crippen molar-refractivity contribution in [2.45, 2.75) is 45.7 Å². The van der Waals surface area contributed by atoms with Gasteiger partial charge in [0.25, 0.3) is 10.2 Å². The Balaban J connectivity index is 4.65. The number of hydrogen-bond donors (Lipinski definition) is 2. The van der Waals surface area contributed by atoms with E-state index in [0.717, 1.165) is 0 Å². The molecule has 92 valence electrons. The SMILES string of the molecule is CC(C)N(C)S(=O)(=O)NC(C)(C)CCO. The average Bonchev–Trinajstić information content (AvgIpc) is 2.00. The molecule has 0 aliphatic heterocycles. The van der Waals surface area contributed by atoms with Gasteiger partial charge in [0.2, 0.25) is 0 Å². The Kier molecular flexibility index (Phi) is 5.19. The maximum atomic E-state index is 11.8. The third-order valence-electron chi connectivity index (χ3n) is 2.25. The van der Waals surface area contributed by atoms with E-state index in [9.17, 15) is 8.42 Å². The summed E-state index contributed by atoms with van der Waals surface area (Å²) in [6.45, 7) is 7.06. The maximum absolute atomic E-state index is 11.8. The molecule has 0 aromatic rings. The van der Waals surface area contributed by atoms with Gasteiger partial charge < -0.3 is 5.11 Å². The van der Waals surface area contributed by atoms with Crippen molar-refractivity contribution in [1.29, 1.82) is 0 Å². The number of aliphatic hydroxyl groups is 1. The van der Waals surface area contributed by atoms with Crippen molar-refractivity contribution < 1.29 is 13.5 Å². The van der Waals surface area contributed by atoms with Crippen molar-refractivity contribution in [1.82, 2.24) is 9.03 Å². The van der Waals surface area contributed by atoms with Gasteiger partial charge in [-0.1, -0.05) is 0 Å². The minimum Gasteiger partial charge on any atom is -0.396 e. The van der Waals surface area contributed by atoms with Crippen LogP contribution in [0.15, 0.2) is 0 Å². The van der Waals surface area contributed by atoms with Crippen molar-refractivity contribution in [3.63, 3.8) is 0 Å². The van der Waals surface area contributed by atoms with Crippen LogP contribution in [0.2, 0.25) is 0 Å². The van der Waals surface area contributed by atoms with Crippen molar-refractivity contribution >= 4 is 10.2 Å². The zero-order valence-corrected chi connectivity index (χ0v) is 10.9. The normalized spacial score (nSPS) is 13.9. The fourth-order valence-corrected chi connectivity index (χ4v) is 2.53. The molecule has 0 radical (unpaired) electrons. The first-order chi connectivity index (χ1) is 6.62. The second kappa shape index (κ2) is 5.25. The highest BCUT2D eigenvalue weighted by Crippen LogP contribution is 2.12. The molecule has 0 fully saturated rings. The molecular weight excluding hydrogens is 216 g/mol. The molecule has 0 heterocycles. The lowest BCUT2D eigenvalue weighted by atomic mass is 10.0. The molecule has 6 heteroatoms. The summed E-state index contributed by atoms with van der Waals surface area (Å²) in [7, 11) is -1.94. The van der Waals surface area contributed by atoms with Crippen LogP contribution in [0.25, 0.3) is 0 Å². The standard InChI is InChI=1S/C9H22N2O3S/c1-8(2)11(5)15(13,14)10-9(3,4)6-7-12/h8,10,12H,6-7H2,1-5H3. The van der Waals surface area contributed by atoms with Gasteiger partial charge in [-0.3, -0.25) is 0 Å². The predicted molar refractivity (Wildman–Crippen MR) is 60.7 cm³/mol. The number of nitrogens with one attached hydrogen (secondary N) is 1. The highest BCUT2D eigenvalue weighted by Gasteiger charge is 2.28. The first-order valence-electron chi connectivity index (χ1n) is 5.00. The topological polar surface area (TPSA) is 69.6 Å². The molecule has 0 rings (SSSR count). The van der Waals surface area contributed by atoms with Gasteiger partial charge >= 0.3 is 0 Å². The summed E-state index contributed by atoms with van der Waals surface area (Å²) in [6, 6.07) is -0.0903. The minimum absolute atomic E-state index is 0.0408. The zero-order valence-electron chi connectivity index (χ0n) is 10.1. The Labute approximate surface area is 92.7 Å². The summed E-state index contributed by atoms with van der Waals surface area (Å²) in [4.78, 5) is 0. The second-order valence-corrected chi connectivity index (χ2v) is 6.30. The molecule has 5 nitrogen and oxygen atoms in total. The summed E-state index contributed by atoms with van der Waals surface area (Å²) < 4.78 is 27.4. The van der Waals surface area contributed by atoms with Crippen LogP contribution in [0, 0.1) is 0 Å². The summed E-state index contributed by atoms with van der Waals surface area (Å²) in [5, 5.41) is 8.80. The van der Waals surface area contributed by atoms with Crippen molar-refractivity contribution in [3.05, 3.63) is 0 Å². The minimum atomic E-state index is -3.47. The first kappa shape index (κ1) is 14.8. The molecule has 0 spiro atoms. The monoisotopic (exact) mass is 238 g/mol. The lowest BCUT2D eigenvalue weighted by molar-refractivity contribution is 0.243. The third kappa shape index (κ3) is 4.92. The molecule has 0 saturated carbocycles. The van der Waals surface area contributed by atoms with Crippen LogP contribution in [0.5, 0.6) is 0 Å². The molecular formula is C9H22N2O3S. The van der Waals surface area contributed by atoms with Gasteiger partial charge in [-0.05, 0) is 34.1 Å². The second-order valence-electron chi connectivity index (χ2n) is 4.57. The fourth-order valence-electron chi connectivity index (χ4n) is 1.03. The summed E-state index contributed by atoms with van der Waals surface area (Å²) in [5.74, 6) is 0. The zero-order chi connectivity index (χ0) is 12.3. The van der Waals surface area contributed by atoms with E-state index < -0.39 is 15.7 Å². The van der Waals surface area contributed by atoms with E-state index in [4.69, 9.17) is 5.11 Å². The Bertz CT molecular complexity index is 286. The van der Waals surface area contributed by atoms with Gasteiger partial charge in [0, 0.05) is 25.2 Å². The van der Waals surface area contributed by atoms with Crippen LogP contribution in [-0.4, -0.2) is 43.1 Å². The third-order valence-corrected chi connectivity index (χ3v) is 4.24. The van der Waals surface area contributed by atoms with E-state index in [0.29, 0.717) is 6.42 Å². The number of aliphatic hydroxyl groups excluding tert-OH is 1. The summed E-state index contributed by atoms with van der Waals surface area (Å²) in [5.41, 5.74) is -0.628. The summed E-state index contributed by atoms with van der Waals surface area (Å²) in [6.07, 6.45) is 0.387. The number of nitrogens with zero attached hydrogens (tertiary/aromatic N) is 1. The predicted octanol–water partition coefficient (Wildman–Crippen LogP) is 0.322. The highest BCUT2D eigenvalue weighted by molar-refractivity contribution is 7.87. The summed E-state index contributed by atoms with van der Waals surface area (Å²) >= 11 is 0. The highest BCUT2D eigenvalue weighted by atomic mass is 32.2. The molecule has 0 aliphatic carbocycles. The first-order valence-corrected chi connectivity index (χ1v) is 6.44. The number of hydrogen-bond acceptors (Lipinski definition) is 3. The smallest absolute Gasteiger partial charge is 0.279 e. The van der Waals surface area contributed by atoms with Crippen molar-refractivity contribution in [3.8, 4) is 0 Å². The maximum Gasteiger partial charge on any atom is 0.279 e. The molecule has 0 atom stereocenters. The molecule has 0 aromatic heterocycles. The van der Waals surface area contributed by atoms with E-state index in [2.05, 4.69) is 4.72 Å². The molecule has 0 unspecified atom stereocenters. The van der Waals surface area contributed by atoms with E-state index in [1.54, 1.807) is 27.7 Å². The van der Waals surface area contributed by atoms with Gasteiger partial charge in [0.05, 0.1) is 0 Å². The molecule has 2 N–H and O–H groups in total. The largest absolute Gasteiger partial charge is 0.396 e. The molecule has 0 aromatic carbocycles. The van der Waals surface area contributed by atoms with Crippen LogP contribution in [0.1, 0.15) is 34.1 Å². The van der Waals surface area contributed by atoms with Crippen molar-refractivity contribution in [2.75, 3.05) is 13.7 Å². The van der Waals surface area contributed by atoms with Gasteiger partial charge in [0.1, 0.15) is 0 Å². The van der Waals surface area contributed by atoms with Crippen molar-refractivity contribution in [2.24, 2.45) is 0 Å². The van der Waals surface area contributed by atoms with Gasteiger partial charge in [0.15, 0.2) is 0 Å². The molecule has 0 bridgehead atoms. The Morgan fingerprint density at radius 1 is 1.40 bits per heavy atom.